The van der Waals surface area contributed by atoms with Crippen molar-refractivity contribution in [2.75, 3.05) is 0 Å². The number of rotatable bonds is 4. The second-order valence-corrected chi connectivity index (χ2v) is 5.63. The highest BCUT2D eigenvalue weighted by atomic mass is 16.3. The van der Waals surface area contributed by atoms with Gasteiger partial charge < -0.3 is 8.98 Å². The van der Waals surface area contributed by atoms with Crippen molar-refractivity contribution in [1.29, 1.82) is 0 Å². The molecule has 0 radical (unpaired) electrons. The van der Waals surface area contributed by atoms with Gasteiger partial charge in [-0.25, -0.2) is 4.98 Å². The van der Waals surface area contributed by atoms with Crippen LogP contribution >= 0.6 is 0 Å². The van der Waals surface area contributed by atoms with Crippen LogP contribution in [0.5, 0.6) is 0 Å². The molecule has 0 aliphatic heterocycles. The van der Waals surface area contributed by atoms with Crippen molar-refractivity contribution in [3.8, 4) is 11.5 Å². The molecule has 114 valence electrons. The highest BCUT2D eigenvalue weighted by Gasteiger charge is 2.10. The number of hydrogen-bond donors (Lipinski definition) is 0. The first-order valence-corrected chi connectivity index (χ1v) is 7.70. The average molecular weight is 303 g/mol. The van der Waals surface area contributed by atoms with Gasteiger partial charge in [0.15, 0.2) is 5.76 Å². The second-order valence-electron chi connectivity index (χ2n) is 5.63. The van der Waals surface area contributed by atoms with E-state index in [2.05, 4.69) is 33.8 Å². The molecular weight excluding hydrogens is 286 g/mol. The molecule has 4 aromatic rings. The Bertz CT molecular complexity index is 938. The molecule has 4 heteroatoms. The first kappa shape index (κ1) is 13.8. The van der Waals surface area contributed by atoms with Crippen molar-refractivity contribution in [2.24, 2.45) is 7.05 Å². The van der Waals surface area contributed by atoms with Crippen LogP contribution in [0.25, 0.3) is 22.4 Å². The largest absolute Gasteiger partial charge is 0.463 e. The molecule has 3 heterocycles. The van der Waals surface area contributed by atoms with Crippen LogP contribution in [0.2, 0.25) is 0 Å². The van der Waals surface area contributed by atoms with Crippen molar-refractivity contribution < 1.29 is 4.42 Å². The molecule has 0 unspecified atom stereocenters. The Hall–Kier alpha value is -2.88. The van der Waals surface area contributed by atoms with E-state index in [9.17, 15) is 0 Å². The van der Waals surface area contributed by atoms with E-state index >= 15 is 0 Å². The molecule has 1 aromatic carbocycles. The Kier molecular flexibility index (Phi) is 3.42. The van der Waals surface area contributed by atoms with Gasteiger partial charge in [0.05, 0.1) is 11.8 Å². The Morgan fingerprint density at radius 3 is 2.74 bits per heavy atom. The first-order valence-electron chi connectivity index (χ1n) is 7.70. The van der Waals surface area contributed by atoms with E-state index in [4.69, 9.17) is 9.40 Å². The zero-order chi connectivity index (χ0) is 15.6. The normalized spacial score (nSPS) is 11.2. The van der Waals surface area contributed by atoms with Crippen LogP contribution in [0.1, 0.15) is 11.5 Å². The molecular formula is C19H17N3O. The Labute approximate surface area is 134 Å². The van der Waals surface area contributed by atoms with Gasteiger partial charge in [-0.15, -0.1) is 0 Å². The molecule has 4 nitrogen and oxygen atoms in total. The zero-order valence-corrected chi connectivity index (χ0v) is 12.9. The Morgan fingerprint density at radius 2 is 1.87 bits per heavy atom. The number of aromatic nitrogens is 3. The SMILES string of the molecule is Cn1cc(-c2ccco2)nc1CCc1ccc2ccccc2n1. The molecule has 23 heavy (non-hydrogen) atoms. The third-order valence-corrected chi connectivity index (χ3v) is 4.01. The number of aryl methyl sites for hydroxylation is 3. The topological polar surface area (TPSA) is 43.9 Å². The number of fused-ring (bicyclic) bond motifs is 1. The molecule has 0 fully saturated rings. The van der Waals surface area contributed by atoms with Gasteiger partial charge in [-0.2, -0.15) is 0 Å². The molecule has 0 aliphatic rings. The van der Waals surface area contributed by atoms with Crippen LogP contribution in [-0.2, 0) is 19.9 Å². The van der Waals surface area contributed by atoms with Gasteiger partial charge in [-0.1, -0.05) is 24.3 Å². The Balaban J connectivity index is 1.54. The van der Waals surface area contributed by atoms with Gasteiger partial charge in [0, 0.05) is 30.7 Å². The van der Waals surface area contributed by atoms with Gasteiger partial charge in [-0.3, -0.25) is 4.98 Å². The highest BCUT2D eigenvalue weighted by molar-refractivity contribution is 5.78. The number of benzene rings is 1. The smallest absolute Gasteiger partial charge is 0.153 e. The van der Waals surface area contributed by atoms with Gasteiger partial charge in [0.25, 0.3) is 0 Å². The summed E-state index contributed by atoms with van der Waals surface area (Å²) in [6.45, 7) is 0. The summed E-state index contributed by atoms with van der Waals surface area (Å²) in [6.07, 6.45) is 5.39. The second kappa shape index (κ2) is 5.72. The average Bonchev–Trinajstić information content (AvgIpc) is 3.22. The van der Waals surface area contributed by atoms with Gasteiger partial charge in [0.2, 0.25) is 0 Å². The van der Waals surface area contributed by atoms with E-state index in [0.717, 1.165) is 41.3 Å². The molecule has 0 spiro atoms. The number of pyridine rings is 1. The molecule has 0 atom stereocenters. The number of nitrogens with zero attached hydrogens (tertiary/aromatic N) is 3. The van der Waals surface area contributed by atoms with Gasteiger partial charge >= 0.3 is 0 Å². The number of imidazole rings is 1. The lowest BCUT2D eigenvalue weighted by Gasteiger charge is -2.03. The summed E-state index contributed by atoms with van der Waals surface area (Å²) < 4.78 is 7.47. The monoisotopic (exact) mass is 303 g/mol. The van der Waals surface area contributed by atoms with Crippen molar-refractivity contribution in [2.45, 2.75) is 12.8 Å². The van der Waals surface area contributed by atoms with Gasteiger partial charge in [-0.05, 0) is 30.7 Å². The minimum Gasteiger partial charge on any atom is -0.463 e. The molecule has 0 saturated carbocycles. The lowest BCUT2D eigenvalue weighted by molar-refractivity contribution is 0.580. The fourth-order valence-corrected chi connectivity index (χ4v) is 2.77. The molecule has 0 aliphatic carbocycles. The maximum Gasteiger partial charge on any atom is 0.153 e. The van der Waals surface area contributed by atoms with E-state index in [1.165, 1.54) is 5.39 Å². The van der Waals surface area contributed by atoms with Crippen molar-refractivity contribution in [1.82, 2.24) is 14.5 Å². The Morgan fingerprint density at radius 1 is 0.957 bits per heavy atom. The maximum atomic E-state index is 5.41. The predicted octanol–water partition coefficient (Wildman–Crippen LogP) is 4.01. The standard InChI is InChI=1S/C19H17N3O/c1-22-13-17(18-7-4-12-23-18)21-19(22)11-10-15-9-8-14-5-2-3-6-16(14)20-15/h2-9,12-13H,10-11H2,1H3. The van der Waals surface area contributed by atoms with Crippen molar-refractivity contribution in [3.63, 3.8) is 0 Å². The van der Waals surface area contributed by atoms with Crippen LogP contribution < -0.4 is 0 Å². The quantitative estimate of drug-likeness (QED) is 0.572. The zero-order valence-electron chi connectivity index (χ0n) is 12.9. The van der Waals surface area contributed by atoms with Crippen LogP contribution in [-0.4, -0.2) is 14.5 Å². The molecule has 0 bridgehead atoms. The van der Waals surface area contributed by atoms with Crippen molar-refractivity contribution in [3.05, 3.63) is 72.5 Å². The lowest BCUT2D eigenvalue weighted by atomic mass is 10.1. The summed E-state index contributed by atoms with van der Waals surface area (Å²) >= 11 is 0. The molecule has 0 amide bonds. The fourth-order valence-electron chi connectivity index (χ4n) is 2.77. The van der Waals surface area contributed by atoms with Crippen LogP contribution in [0.15, 0.2) is 65.4 Å². The summed E-state index contributed by atoms with van der Waals surface area (Å²) in [5.74, 6) is 1.84. The van der Waals surface area contributed by atoms with E-state index < -0.39 is 0 Å². The van der Waals surface area contributed by atoms with E-state index in [1.807, 2.05) is 37.5 Å². The lowest BCUT2D eigenvalue weighted by Crippen LogP contribution is -2.01. The van der Waals surface area contributed by atoms with Crippen LogP contribution in [0.4, 0.5) is 0 Å². The summed E-state index contributed by atoms with van der Waals surface area (Å²) in [5.41, 5.74) is 3.01. The van der Waals surface area contributed by atoms with Crippen LogP contribution in [0.3, 0.4) is 0 Å². The summed E-state index contributed by atoms with van der Waals surface area (Å²) in [5, 5.41) is 1.17. The fraction of sp³-hybridized carbons (Fsp3) is 0.158. The summed E-state index contributed by atoms with van der Waals surface area (Å²) in [6, 6.07) is 16.2. The predicted molar refractivity (Wildman–Crippen MR) is 90.1 cm³/mol. The van der Waals surface area contributed by atoms with Crippen molar-refractivity contribution >= 4 is 10.9 Å². The third-order valence-electron chi connectivity index (χ3n) is 4.01. The molecule has 3 aromatic heterocycles. The first-order chi connectivity index (χ1) is 11.3. The molecule has 4 rings (SSSR count). The van der Waals surface area contributed by atoms with Crippen LogP contribution in [0, 0.1) is 0 Å². The maximum absolute atomic E-state index is 5.41. The van der Waals surface area contributed by atoms with E-state index in [-0.39, 0.29) is 0 Å². The summed E-state index contributed by atoms with van der Waals surface area (Å²) in [7, 11) is 2.02. The highest BCUT2D eigenvalue weighted by Crippen LogP contribution is 2.19. The van der Waals surface area contributed by atoms with E-state index in [1.54, 1.807) is 6.26 Å². The van der Waals surface area contributed by atoms with Gasteiger partial charge in [0.1, 0.15) is 11.5 Å². The molecule has 0 N–H and O–H groups in total. The molecule has 0 saturated heterocycles. The number of furan rings is 1. The summed E-state index contributed by atoms with van der Waals surface area (Å²) in [4.78, 5) is 9.39. The minimum atomic E-state index is 0.802. The number of para-hydroxylation sites is 1. The number of hydrogen-bond acceptors (Lipinski definition) is 3. The van der Waals surface area contributed by atoms with E-state index in [0.29, 0.717) is 0 Å². The third kappa shape index (κ3) is 2.75. The minimum absolute atomic E-state index is 0.802.